The van der Waals surface area contributed by atoms with Crippen molar-refractivity contribution < 1.29 is 0 Å². The highest BCUT2D eigenvalue weighted by molar-refractivity contribution is 5.75. The van der Waals surface area contributed by atoms with Gasteiger partial charge < -0.3 is 0 Å². The van der Waals surface area contributed by atoms with Crippen LogP contribution in [-0.2, 0) is 0 Å². The van der Waals surface area contributed by atoms with Crippen LogP contribution in [0.1, 0.15) is 18.9 Å². The van der Waals surface area contributed by atoms with E-state index in [9.17, 15) is 5.26 Å². The minimum absolute atomic E-state index is 0.379. The molecule has 2 rings (SSSR count). The third kappa shape index (κ3) is 1.71. The molecule has 1 aromatic rings. The summed E-state index contributed by atoms with van der Waals surface area (Å²) < 4.78 is 0. The molecule has 1 aliphatic carbocycles. The van der Waals surface area contributed by atoms with Gasteiger partial charge in [0.2, 0.25) is 0 Å². The summed E-state index contributed by atoms with van der Waals surface area (Å²) >= 11 is 0. The second-order valence-corrected chi connectivity index (χ2v) is 4.02. The van der Waals surface area contributed by atoms with Crippen molar-refractivity contribution in [3.8, 4) is 6.07 Å². The van der Waals surface area contributed by atoms with Crippen molar-refractivity contribution in [1.29, 1.82) is 5.26 Å². The van der Waals surface area contributed by atoms with Crippen molar-refractivity contribution in [1.82, 2.24) is 0 Å². The average molecular weight is 195 g/mol. The van der Waals surface area contributed by atoms with E-state index in [1.54, 1.807) is 0 Å². The number of hydrogen-bond donors (Lipinski definition) is 0. The van der Waals surface area contributed by atoms with Gasteiger partial charge in [-0.15, -0.1) is 0 Å². The second kappa shape index (κ2) is 3.74. The Kier molecular flexibility index (Phi) is 2.43. The molecule has 0 bridgehead atoms. The van der Waals surface area contributed by atoms with Crippen LogP contribution in [-0.4, -0.2) is 0 Å². The standard InChI is InChI=1S/C14H13N/c1-14(11-15)10-6-5-9-13(14)12-7-3-2-4-8-12/h2-9H,10H2,1H3. The Hall–Kier alpha value is -1.81. The number of nitriles is 1. The zero-order chi connectivity index (χ0) is 10.7. The van der Waals surface area contributed by atoms with Crippen molar-refractivity contribution in [2.45, 2.75) is 13.3 Å². The Morgan fingerprint density at radius 3 is 2.67 bits per heavy atom. The molecular weight excluding hydrogens is 182 g/mol. The van der Waals surface area contributed by atoms with Gasteiger partial charge in [0.15, 0.2) is 0 Å². The first-order chi connectivity index (χ1) is 7.26. The molecule has 1 aliphatic rings. The van der Waals surface area contributed by atoms with E-state index < -0.39 is 0 Å². The Morgan fingerprint density at radius 2 is 2.00 bits per heavy atom. The van der Waals surface area contributed by atoms with E-state index in [4.69, 9.17) is 0 Å². The van der Waals surface area contributed by atoms with E-state index in [1.807, 2.05) is 37.3 Å². The summed E-state index contributed by atoms with van der Waals surface area (Å²) in [5.41, 5.74) is 1.88. The van der Waals surface area contributed by atoms with E-state index in [1.165, 1.54) is 0 Å². The minimum Gasteiger partial charge on any atom is -0.197 e. The first-order valence-corrected chi connectivity index (χ1v) is 5.10. The van der Waals surface area contributed by atoms with Crippen molar-refractivity contribution in [3.63, 3.8) is 0 Å². The summed E-state index contributed by atoms with van der Waals surface area (Å²) in [4.78, 5) is 0. The van der Waals surface area contributed by atoms with Gasteiger partial charge >= 0.3 is 0 Å². The van der Waals surface area contributed by atoms with Gasteiger partial charge in [-0.3, -0.25) is 0 Å². The molecule has 0 radical (unpaired) electrons. The Bertz CT molecular complexity index is 448. The van der Waals surface area contributed by atoms with Crippen LogP contribution in [0.4, 0.5) is 0 Å². The maximum Gasteiger partial charge on any atom is 0.0834 e. The zero-order valence-electron chi connectivity index (χ0n) is 8.77. The third-order valence-electron chi connectivity index (χ3n) is 2.85. The fourth-order valence-electron chi connectivity index (χ4n) is 1.90. The Labute approximate surface area is 90.4 Å². The normalized spacial score (nSPS) is 24.4. The molecular formula is C14H13N. The lowest BCUT2D eigenvalue weighted by atomic mass is 9.75. The van der Waals surface area contributed by atoms with Crippen molar-refractivity contribution in [2.75, 3.05) is 0 Å². The van der Waals surface area contributed by atoms with E-state index in [-0.39, 0.29) is 5.41 Å². The molecule has 0 aromatic heterocycles. The lowest BCUT2D eigenvalue weighted by Crippen LogP contribution is -2.17. The first-order valence-electron chi connectivity index (χ1n) is 5.10. The Morgan fingerprint density at radius 1 is 1.27 bits per heavy atom. The van der Waals surface area contributed by atoms with E-state index in [2.05, 4.69) is 24.3 Å². The predicted molar refractivity (Wildman–Crippen MR) is 61.9 cm³/mol. The van der Waals surface area contributed by atoms with E-state index >= 15 is 0 Å². The fourth-order valence-corrected chi connectivity index (χ4v) is 1.90. The quantitative estimate of drug-likeness (QED) is 0.672. The van der Waals surface area contributed by atoms with Crippen molar-refractivity contribution in [2.24, 2.45) is 5.41 Å². The van der Waals surface area contributed by atoms with Crippen LogP contribution in [0.15, 0.2) is 48.6 Å². The van der Waals surface area contributed by atoms with Gasteiger partial charge in [0.25, 0.3) is 0 Å². The van der Waals surface area contributed by atoms with Gasteiger partial charge in [-0.05, 0) is 24.5 Å². The van der Waals surface area contributed by atoms with Gasteiger partial charge in [-0.2, -0.15) is 5.26 Å². The monoisotopic (exact) mass is 195 g/mol. The van der Waals surface area contributed by atoms with Gasteiger partial charge in [-0.25, -0.2) is 0 Å². The molecule has 1 aromatic carbocycles. The fraction of sp³-hybridized carbons (Fsp3) is 0.214. The molecule has 0 heterocycles. The SMILES string of the molecule is CC1(C#N)CC=CC=C1c1ccccc1. The summed E-state index contributed by atoms with van der Waals surface area (Å²) in [6.45, 7) is 2.00. The van der Waals surface area contributed by atoms with Crippen LogP contribution in [0.2, 0.25) is 0 Å². The van der Waals surface area contributed by atoms with Crippen LogP contribution >= 0.6 is 0 Å². The summed E-state index contributed by atoms with van der Waals surface area (Å²) in [5.74, 6) is 0. The molecule has 0 aliphatic heterocycles. The predicted octanol–water partition coefficient (Wildman–Crippen LogP) is 3.56. The highest BCUT2D eigenvalue weighted by Crippen LogP contribution is 2.39. The number of nitrogens with zero attached hydrogens (tertiary/aromatic N) is 1. The van der Waals surface area contributed by atoms with Crippen LogP contribution in [0.5, 0.6) is 0 Å². The molecule has 1 atom stereocenters. The summed E-state index contributed by atoms with van der Waals surface area (Å²) in [6, 6.07) is 12.5. The lowest BCUT2D eigenvalue weighted by Gasteiger charge is -2.26. The molecule has 0 amide bonds. The van der Waals surface area contributed by atoms with Gasteiger partial charge in [0.05, 0.1) is 11.5 Å². The van der Waals surface area contributed by atoms with Crippen LogP contribution < -0.4 is 0 Å². The lowest BCUT2D eigenvalue weighted by molar-refractivity contribution is 0.595. The van der Waals surface area contributed by atoms with E-state index in [0.29, 0.717) is 0 Å². The van der Waals surface area contributed by atoms with E-state index in [0.717, 1.165) is 17.6 Å². The molecule has 74 valence electrons. The van der Waals surface area contributed by atoms with Crippen LogP contribution in [0.3, 0.4) is 0 Å². The Balaban J connectivity index is 2.48. The van der Waals surface area contributed by atoms with Crippen LogP contribution in [0.25, 0.3) is 5.57 Å². The number of allylic oxidation sites excluding steroid dienone is 4. The maximum atomic E-state index is 9.26. The molecule has 0 spiro atoms. The number of benzene rings is 1. The molecule has 1 heteroatoms. The third-order valence-corrected chi connectivity index (χ3v) is 2.85. The zero-order valence-corrected chi connectivity index (χ0v) is 8.77. The molecule has 1 unspecified atom stereocenters. The molecule has 15 heavy (non-hydrogen) atoms. The molecule has 0 N–H and O–H groups in total. The average Bonchev–Trinajstić information content (AvgIpc) is 2.31. The van der Waals surface area contributed by atoms with Gasteiger partial charge in [-0.1, -0.05) is 48.6 Å². The highest BCUT2D eigenvalue weighted by atomic mass is 14.4. The minimum atomic E-state index is -0.379. The number of hydrogen-bond acceptors (Lipinski definition) is 1. The van der Waals surface area contributed by atoms with Gasteiger partial charge in [0, 0.05) is 0 Å². The van der Waals surface area contributed by atoms with Crippen molar-refractivity contribution >= 4 is 5.57 Å². The molecule has 0 fully saturated rings. The first kappa shape index (κ1) is 9.73. The van der Waals surface area contributed by atoms with Crippen LogP contribution in [0, 0.1) is 16.7 Å². The molecule has 1 nitrogen and oxygen atoms in total. The maximum absolute atomic E-state index is 9.26. The van der Waals surface area contributed by atoms with Crippen molar-refractivity contribution in [3.05, 3.63) is 54.1 Å². The largest absolute Gasteiger partial charge is 0.197 e. The summed E-state index contributed by atoms with van der Waals surface area (Å²) in [7, 11) is 0. The topological polar surface area (TPSA) is 23.8 Å². The highest BCUT2D eigenvalue weighted by Gasteiger charge is 2.29. The number of rotatable bonds is 1. The summed E-state index contributed by atoms with van der Waals surface area (Å²) in [5, 5.41) is 9.26. The molecule has 0 saturated carbocycles. The second-order valence-electron chi connectivity index (χ2n) is 4.02. The molecule has 0 saturated heterocycles. The summed E-state index contributed by atoms with van der Waals surface area (Å²) in [6.07, 6.45) is 6.92. The van der Waals surface area contributed by atoms with Gasteiger partial charge in [0.1, 0.15) is 0 Å². The smallest absolute Gasteiger partial charge is 0.0834 e.